The summed E-state index contributed by atoms with van der Waals surface area (Å²) in [6, 6.07) is 0. The highest BCUT2D eigenvalue weighted by molar-refractivity contribution is 4.86. The molecule has 3 nitrogen and oxygen atoms in total. The predicted octanol–water partition coefficient (Wildman–Crippen LogP) is -0.591. The SMILES string of the molecule is CC1CC(N)(CN)O1. The quantitative estimate of drug-likeness (QED) is 0.481. The van der Waals surface area contributed by atoms with Crippen LogP contribution in [0.5, 0.6) is 0 Å². The molecule has 0 bridgehead atoms. The van der Waals surface area contributed by atoms with Gasteiger partial charge in [0.15, 0.2) is 0 Å². The number of ether oxygens (including phenoxy) is 1. The van der Waals surface area contributed by atoms with E-state index in [1.165, 1.54) is 0 Å². The second kappa shape index (κ2) is 1.69. The van der Waals surface area contributed by atoms with Gasteiger partial charge in [-0.15, -0.1) is 0 Å². The van der Waals surface area contributed by atoms with E-state index in [0.29, 0.717) is 12.6 Å². The van der Waals surface area contributed by atoms with Crippen LogP contribution in [0.15, 0.2) is 0 Å². The average Bonchev–Trinajstić information content (AvgIpc) is 1.63. The third-order valence-corrected chi connectivity index (χ3v) is 1.41. The molecule has 3 heteroatoms. The topological polar surface area (TPSA) is 61.3 Å². The van der Waals surface area contributed by atoms with Crippen LogP contribution in [-0.4, -0.2) is 18.4 Å². The summed E-state index contributed by atoms with van der Waals surface area (Å²) in [5.74, 6) is 0. The Morgan fingerprint density at radius 2 is 2.38 bits per heavy atom. The van der Waals surface area contributed by atoms with Gasteiger partial charge in [-0.1, -0.05) is 0 Å². The lowest BCUT2D eigenvalue weighted by Crippen LogP contribution is -2.60. The Morgan fingerprint density at radius 3 is 2.50 bits per heavy atom. The van der Waals surface area contributed by atoms with Crippen molar-refractivity contribution in [3.05, 3.63) is 0 Å². The van der Waals surface area contributed by atoms with Gasteiger partial charge in [-0.2, -0.15) is 0 Å². The predicted molar refractivity (Wildman–Crippen MR) is 31.1 cm³/mol. The monoisotopic (exact) mass is 116 g/mol. The van der Waals surface area contributed by atoms with Crippen molar-refractivity contribution in [2.45, 2.75) is 25.2 Å². The number of hydrogen-bond acceptors (Lipinski definition) is 3. The summed E-state index contributed by atoms with van der Waals surface area (Å²) in [7, 11) is 0. The molecule has 4 N–H and O–H groups in total. The molecule has 1 saturated heterocycles. The fourth-order valence-electron chi connectivity index (χ4n) is 1.01. The van der Waals surface area contributed by atoms with Crippen molar-refractivity contribution < 1.29 is 4.74 Å². The molecule has 1 aliphatic rings. The lowest BCUT2D eigenvalue weighted by atomic mass is 10.0. The van der Waals surface area contributed by atoms with Crippen molar-refractivity contribution in [2.24, 2.45) is 11.5 Å². The van der Waals surface area contributed by atoms with E-state index in [0.717, 1.165) is 6.42 Å². The van der Waals surface area contributed by atoms with E-state index in [1.807, 2.05) is 6.92 Å². The summed E-state index contributed by atoms with van der Waals surface area (Å²) in [6.07, 6.45) is 1.20. The minimum absolute atomic E-state index is 0.309. The fourth-order valence-corrected chi connectivity index (χ4v) is 1.01. The summed E-state index contributed by atoms with van der Waals surface area (Å²) in [6.45, 7) is 2.41. The lowest BCUT2D eigenvalue weighted by molar-refractivity contribution is -0.187. The Bertz CT molecular complexity index is 88.4. The van der Waals surface area contributed by atoms with Gasteiger partial charge in [0.05, 0.1) is 6.10 Å². The fraction of sp³-hybridized carbons (Fsp3) is 1.00. The van der Waals surface area contributed by atoms with E-state index in [4.69, 9.17) is 16.2 Å². The van der Waals surface area contributed by atoms with Crippen molar-refractivity contribution in [3.63, 3.8) is 0 Å². The lowest BCUT2D eigenvalue weighted by Gasteiger charge is -2.42. The van der Waals surface area contributed by atoms with Gasteiger partial charge in [-0.3, -0.25) is 0 Å². The highest BCUT2D eigenvalue weighted by atomic mass is 16.5. The van der Waals surface area contributed by atoms with Crippen molar-refractivity contribution in [2.75, 3.05) is 6.54 Å². The van der Waals surface area contributed by atoms with Gasteiger partial charge >= 0.3 is 0 Å². The molecule has 0 aromatic rings. The first-order valence-electron chi connectivity index (χ1n) is 2.83. The molecule has 1 rings (SSSR count). The van der Waals surface area contributed by atoms with E-state index in [9.17, 15) is 0 Å². The first kappa shape index (κ1) is 6.01. The first-order chi connectivity index (χ1) is 3.66. The van der Waals surface area contributed by atoms with Crippen LogP contribution >= 0.6 is 0 Å². The molecule has 0 aromatic carbocycles. The molecule has 2 atom stereocenters. The first-order valence-corrected chi connectivity index (χ1v) is 2.83. The summed E-state index contributed by atoms with van der Waals surface area (Å²) in [5.41, 5.74) is 10.3. The number of rotatable bonds is 1. The summed E-state index contributed by atoms with van der Waals surface area (Å²) in [5, 5.41) is 0. The minimum atomic E-state index is -0.487. The molecule has 48 valence electrons. The maximum Gasteiger partial charge on any atom is 0.131 e. The number of hydrogen-bond donors (Lipinski definition) is 2. The van der Waals surface area contributed by atoms with Crippen LogP contribution in [0.1, 0.15) is 13.3 Å². The Balaban J connectivity index is 2.30. The van der Waals surface area contributed by atoms with E-state index in [2.05, 4.69) is 0 Å². The largest absolute Gasteiger partial charge is 0.356 e. The van der Waals surface area contributed by atoms with Gasteiger partial charge in [0.25, 0.3) is 0 Å². The van der Waals surface area contributed by atoms with Crippen LogP contribution in [0.3, 0.4) is 0 Å². The normalized spacial score (nSPS) is 46.1. The van der Waals surface area contributed by atoms with Crippen molar-refractivity contribution in [1.82, 2.24) is 0 Å². The van der Waals surface area contributed by atoms with Gasteiger partial charge < -0.3 is 16.2 Å². The highest BCUT2D eigenvalue weighted by Crippen LogP contribution is 2.25. The second-order valence-electron chi connectivity index (χ2n) is 2.40. The molecule has 1 heterocycles. The number of nitrogens with two attached hydrogens (primary N) is 2. The van der Waals surface area contributed by atoms with Crippen molar-refractivity contribution >= 4 is 0 Å². The third kappa shape index (κ3) is 0.844. The molecule has 0 radical (unpaired) electrons. The van der Waals surface area contributed by atoms with Gasteiger partial charge in [0.1, 0.15) is 5.72 Å². The Morgan fingerprint density at radius 1 is 1.88 bits per heavy atom. The van der Waals surface area contributed by atoms with E-state index in [-0.39, 0.29) is 0 Å². The molecule has 0 spiro atoms. The zero-order valence-electron chi connectivity index (χ0n) is 5.05. The van der Waals surface area contributed by atoms with Crippen LogP contribution < -0.4 is 11.5 Å². The Hall–Kier alpha value is -0.120. The Kier molecular flexibility index (Phi) is 1.27. The molecule has 2 unspecified atom stereocenters. The van der Waals surface area contributed by atoms with Crippen LogP contribution in [0, 0.1) is 0 Å². The maximum atomic E-state index is 5.55. The smallest absolute Gasteiger partial charge is 0.131 e. The van der Waals surface area contributed by atoms with Crippen LogP contribution in [0.25, 0.3) is 0 Å². The molecule has 0 amide bonds. The molecule has 1 fully saturated rings. The molecule has 0 aromatic heterocycles. The van der Waals surface area contributed by atoms with E-state index >= 15 is 0 Å². The summed E-state index contributed by atoms with van der Waals surface area (Å²) in [4.78, 5) is 0. The van der Waals surface area contributed by atoms with Crippen LogP contribution in [0.2, 0.25) is 0 Å². The van der Waals surface area contributed by atoms with Crippen molar-refractivity contribution in [1.29, 1.82) is 0 Å². The highest BCUT2D eigenvalue weighted by Gasteiger charge is 2.38. The van der Waals surface area contributed by atoms with Gasteiger partial charge in [0.2, 0.25) is 0 Å². The minimum Gasteiger partial charge on any atom is -0.356 e. The average molecular weight is 116 g/mol. The molecular formula is C5H12N2O. The Labute approximate surface area is 49.0 Å². The van der Waals surface area contributed by atoms with Crippen LogP contribution in [-0.2, 0) is 4.74 Å². The summed E-state index contributed by atoms with van der Waals surface area (Å²) >= 11 is 0. The molecule has 1 aliphatic heterocycles. The maximum absolute atomic E-state index is 5.55. The molecule has 0 aliphatic carbocycles. The van der Waals surface area contributed by atoms with Gasteiger partial charge in [-0.05, 0) is 6.92 Å². The summed E-state index contributed by atoms with van der Waals surface area (Å²) < 4.78 is 5.13. The van der Waals surface area contributed by atoms with Crippen LogP contribution in [0.4, 0.5) is 0 Å². The zero-order chi connectivity index (χ0) is 6.20. The standard InChI is InChI=1S/C5H12N2O/c1-4-2-5(7,3-6)8-4/h4H,2-3,6-7H2,1H3. The molecular weight excluding hydrogens is 104 g/mol. The van der Waals surface area contributed by atoms with E-state index < -0.39 is 5.72 Å². The molecule has 0 saturated carbocycles. The van der Waals surface area contributed by atoms with Gasteiger partial charge in [-0.25, -0.2) is 0 Å². The van der Waals surface area contributed by atoms with E-state index in [1.54, 1.807) is 0 Å². The van der Waals surface area contributed by atoms with Crippen molar-refractivity contribution in [3.8, 4) is 0 Å². The zero-order valence-corrected chi connectivity index (χ0v) is 5.05. The van der Waals surface area contributed by atoms with Gasteiger partial charge in [0, 0.05) is 13.0 Å². The second-order valence-corrected chi connectivity index (χ2v) is 2.40. The molecule has 8 heavy (non-hydrogen) atoms. The third-order valence-electron chi connectivity index (χ3n) is 1.41.